The van der Waals surface area contributed by atoms with Gasteiger partial charge in [0, 0.05) is 6.54 Å². The Morgan fingerprint density at radius 2 is 2.08 bits per heavy atom. The van der Waals surface area contributed by atoms with Crippen molar-refractivity contribution in [3.05, 3.63) is 0 Å². The minimum absolute atomic E-state index is 0.262. The fourth-order valence-electron chi connectivity index (χ4n) is 1.80. The quantitative estimate of drug-likeness (QED) is 0.352. The van der Waals surface area contributed by atoms with Crippen molar-refractivity contribution in [3.63, 3.8) is 0 Å². The van der Waals surface area contributed by atoms with E-state index in [1.807, 2.05) is 0 Å². The second-order valence-electron chi connectivity index (χ2n) is 3.06. The average Bonchev–Trinajstić information content (AvgIpc) is 2.55. The number of carbonyl (C=O) groups is 3. The van der Waals surface area contributed by atoms with E-state index in [2.05, 4.69) is 10.6 Å². The second-order valence-corrected chi connectivity index (χ2v) is 3.06. The van der Waals surface area contributed by atoms with Gasteiger partial charge >= 0.3 is 0 Å². The molecule has 2 aliphatic rings. The highest BCUT2D eigenvalue weighted by Crippen LogP contribution is 2.26. The molecule has 2 heterocycles. The lowest BCUT2D eigenvalue weighted by molar-refractivity contribution is -0.127. The van der Waals surface area contributed by atoms with Gasteiger partial charge in [-0.3, -0.25) is 14.9 Å². The van der Waals surface area contributed by atoms with Crippen LogP contribution in [-0.4, -0.2) is 30.7 Å². The molecule has 0 saturated carbocycles. The number of hydrogen-bond acceptors (Lipinski definition) is 4. The van der Waals surface area contributed by atoms with Gasteiger partial charge in [0.2, 0.25) is 11.8 Å². The molecule has 5 heteroatoms. The number of imide groups is 1. The van der Waals surface area contributed by atoms with Crippen molar-refractivity contribution in [2.75, 3.05) is 6.54 Å². The minimum atomic E-state index is -0.485. The predicted molar refractivity (Wildman–Crippen MR) is 38.0 cm³/mol. The predicted octanol–water partition coefficient (Wildman–Crippen LogP) is -1.95. The smallest absolute Gasteiger partial charge is 0.232 e. The Balaban J connectivity index is 2.28. The summed E-state index contributed by atoms with van der Waals surface area (Å²) in [5.74, 6) is -1.41. The Morgan fingerprint density at radius 3 is 2.75 bits per heavy atom. The molecule has 2 aliphatic heterocycles. The zero-order valence-electron chi connectivity index (χ0n) is 6.24. The normalized spacial score (nSPS) is 39.5. The summed E-state index contributed by atoms with van der Waals surface area (Å²) in [5.41, 5.74) is 0. The number of nitrogens with one attached hydrogen (secondary N) is 2. The zero-order chi connectivity index (χ0) is 8.72. The summed E-state index contributed by atoms with van der Waals surface area (Å²) >= 11 is 0. The third kappa shape index (κ3) is 0.797. The maximum absolute atomic E-state index is 11.1. The summed E-state index contributed by atoms with van der Waals surface area (Å²) in [6.07, 6.45) is 0.683. The number of carbonyl (C=O) groups excluding carboxylic acids is 3. The van der Waals surface area contributed by atoms with Crippen LogP contribution >= 0.6 is 0 Å². The Labute approximate surface area is 68.5 Å². The van der Waals surface area contributed by atoms with Gasteiger partial charge in [-0.2, -0.15) is 0 Å². The van der Waals surface area contributed by atoms with Gasteiger partial charge in [0.05, 0.1) is 17.9 Å². The molecular weight excluding hydrogens is 160 g/mol. The number of hydrogen-bond donors (Lipinski definition) is 2. The first-order chi connectivity index (χ1) is 5.74. The lowest BCUT2D eigenvalue weighted by Gasteiger charge is -2.06. The number of aldehydes is 1. The molecule has 64 valence electrons. The summed E-state index contributed by atoms with van der Waals surface area (Å²) in [4.78, 5) is 32.6. The number of rotatable bonds is 1. The molecule has 0 bridgehead atoms. The molecule has 0 aliphatic carbocycles. The van der Waals surface area contributed by atoms with Gasteiger partial charge in [-0.1, -0.05) is 0 Å². The van der Waals surface area contributed by atoms with Crippen LogP contribution < -0.4 is 10.6 Å². The summed E-state index contributed by atoms with van der Waals surface area (Å²) in [6, 6.07) is -0.485. The third-order valence-corrected chi connectivity index (χ3v) is 2.43. The standard InChI is InChI=1S/C7H8N2O3/c10-2-4-5-3(1-8-4)6(11)9-7(5)12/h2-5,8H,1H2,(H,9,11,12)/t3-,4-,5-/m1/s1. The van der Waals surface area contributed by atoms with Crippen LogP contribution in [0.2, 0.25) is 0 Å². The van der Waals surface area contributed by atoms with Crippen LogP contribution in [0.1, 0.15) is 0 Å². The SMILES string of the molecule is O=C[C@H]1NC[C@H]2C(=O)NC(=O)[C@@H]12. The van der Waals surface area contributed by atoms with Gasteiger partial charge in [0.25, 0.3) is 0 Å². The lowest BCUT2D eigenvalue weighted by Crippen LogP contribution is -2.36. The first kappa shape index (κ1) is 7.42. The lowest BCUT2D eigenvalue weighted by atomic mass is 9.94. The van der Waals surface area contributed by atoms with Gasteiger partial charge in [-0.15, -0.1) is 0 Å². The van der Waals surface area contributed by atoms with E-state index in [4.69, 9.17) is 0 Å². The fraction of sp³-hybridized carbons (Fsp3) is 0.571. The Kier molecular flexibility index (Phi) is 1.47. The summed E-state index contributed by atoms with van der Waals surface area (Å²) in [5, 5.41) is 5.03. The van der Waals surface area contributed by atoms with Crippen LogP contribution in [0.25, 0.3) is 0 Å². The maximum atomic E-state index is 11.1. The van der Waals surface area contributed by atoms with Crippen molar-refractivity contribution < 1.29 is 14.4 Å². The molecule has 5 nitrogen and oxygen atoms in total. The molecule has 3 atom stereocenters. The van der Waals surface area contributed by atoms with Crippen LogP contribution in [-0.2, 0) is 14.4 Å². The Morgan fingerprint density at radius 1 is 1.33 bits per heavy atom. The van der Waals surface area contributed by atoms with Gasteiger partial charge in [0.1, 0.15) is 6.29 Å². The van der Waals surface area contributed by atoms with Crippen LogP contribution in [0.4, 0.5) is 0 Å². The summed E-state index contributed by atoms with van der Waals surface area (Å²) in [6.45, 7) is 0.422. The van der Waals surface area contributed by atoms with Crippen molar-refractivity contribution in [1.29, 1.82) is 0 Å². The molecule has 2 N–H and O–H groups in total. The van der Waals surface area contributed by atoms with Crippen LogP contribution in [0.15, 0.2) is 0 Å². The highest BCUT2D eigenvalue weighted by atomic mass is 16.2. The zero-order valence-corrected chi connectivity index (χ0v) is 6.24. The molecule has 0 aromatic heterocycles. The molecule has 0 unspecified atom stereocenters. The van der Waals surface area contributed by atoms with E-state index in [-0.39, 0.29) is 17.7 Å². The van der Waals surface area contributed by atoms with Crippen molar-refractivity contribution in [2.24, 2.45) is 11.8 Å². The largest absolute Gasteiger partial charge is 0.306 e. The third-order valence-electron chi connectivity index (χ3n) is 2.43. The van der Waals surface area contributed by atoms with Gasteiger partial charge in [0.15, 0.2) is 0 Å². The molecular formula is C7H8N2O3. The molecule has 2 rings (SSSR count). The monoisotopic (exact) mass is 168 g/mol. The molecule has 0 spiro atoms. The van der Waals surface area contributed by atoms with Crippen LogP contribution in [0.5, 0.6) is 0 Å². The number of amides is 2. The first-order valence-electron chi connectivity index (χ1n) is 3.77. The average molecular weight is 168 g/mol. The maximum Gasteiger partial charge on any atom is 0.232 e. The molecule has 12 heavy (non-hydrogen) atoms. The molecule has 2 amide bonds. The molecule has 0 aromatic rings. The highest BCUT2D eigenvalue weighted by Gasteiger charge is 2.49. The summed E-state index contributed by atoms with van der Waals surface area (Å²) in [7, 11) is 0. The van der Waals surface area contributed by atoms with Crippen molar-refractivity contribution >= 4 is 18.1 Å². The molecule has 2 fully saturated rings. The molecule has 0 aromatic carbocycles. The van der Waals surface area contributed by atoms with E-state index in [1.165, 1.54) is 0 Å². The molecule has 2 saturated heterocycles. The minimum Gasteiger partial charge on any atom is -0.306 e. The van der Waals surface area contributed by atoms with Gasteiger partial charge in [-0.25, -0.2) is 0 Å². The number of fused-ring (bicyclic) bond motifs is 1. The van der Waals surface area contributed by atoms with Crippen molar-refractivity contribution in [1.82, 2.24) is 10.6 Å². The van der Waals surface area contributed by atoms with E-state index < -0.39 is 12.0 Å². The van der Waals surface area contributed by atoms with Gasteiger partial charge in [-0.05, 0) is 0 Å². The second kappa shape index (κ2) is 2.38. The van der Waals surface area contributed by atoms with Crippen molar-refractivity contribution in [3.8, 4) is 0 Å². The summed E-state index contributed by atoms with van der Waals surface area (Å²) < 4.78 is 0. The fourth-order valence-corrected chi connectivity index (χ4v) is 1.80. The van der Waals surface area contributed by atoms with E-state index in [0.29, 0.717) is 12.8 Å². The topological polar surface area (TPSA) is 75.3 Å². The van der Waals surface area contributed by atoms with Crippen LogP contribution in [0, 0.1) is 11.8 Å². The highest BCUT2D eigenvalue weighted by molar-refractivity contribution is 6.07. The van der Waals surface area contributed by atoms with Gasteiger partial charge < -0.3 is 10.1 Å². The van der Waals surface area contributed by atoms with Crippen molar-refractivity contribution in [2.45, 2.75) is 6.04 Å². The van der Waals surface area contributed by atoms with E-state index in [1.54, 1.807) is 0 Å². The molecule has 0 radical (unpaired) electrons. The van der Waals surface area contributed by atoms with E-state index in [9.17, 15) is 14.4 Å². The first-order valence-corrected chi connectivity index (χ1v) is 3.77. The van der Waals surface area contributed by atoms with E-state index >= 15 is 0 Å². The van der Waals surface area contributed by atoms with E-state index in [0.717, 1.165) is 0 Å². The Bertz CT molecular complexity index is 263. The Hall–Kier alpha value is -1.23. The van der Waals surface area contributed by atoms with Crippen LogP contribution in [0.3, 0.4) is 0 Å².